The van der Waals surface area contributed by atoms with Gasteiger partial charge in [-0.05, 0) is 44.2 Å². The minimum absolute atomic E-state index is 0.0983. The van der Waals surface area contributed by atoms with Crippen molar-refractivity contribution in [3.05, 3.63) is 29.3 Å². The van der Waals surface area contributed by atoms with Crippen LogP contribution in [0.1, 0.15) is 22.8 Å². The van der Waals surface area contributed by atoms with Crippen molar-refractivity contribution < 1.29 is 23.1 Å². The maximum absolute atomic E-state index is 12.5. The lowest BCUT2D eigenvalue weighted by molar-refractivity contribution is -0.105. The average Bonchev–Trinajstić information content (AvgIpc) is 2.91. The summed E-state index contributed by atoms with van der Waals surface area (Å²) in [7, 11) is -1.28. The van der Waals surface area contributed by atoms with Gasteiger partial charge in [-0.3, -0.25) is 9.69 Å². The molecule has 1 aromatic carbocycles. The van der Waals surface area contributed by atoms with Crippen molar-refractivity contribution >= 4 is 15.7 Å². The van der Waals surface area contributed by atoms with Crippen LogP contribution in [0.5, 0.6) is 0 Å². The van der Waals surface area contributed by atoms with E-state index in [4.69, 9.17) is 4.74 Å². The van der Waals surface area contributed by atoms with Gasteiger partial charge in [0.15, 0.2) is 9.84 Å². The highest BCUT2D eigenvalue weighted by molar-refractivity contribution is 7.91. The van der Waals surface area contributed by atoms with Crippen LogP contribution in [0.2, 0.25) is 0 Å². The lowest BCUT2D eigenvalue weighted by Gasteiger charge is -2.47. The van der Waals surface area contributed by atoms with Gasteiger partial charge in [-0.15, -0.1) is 0 Å². The fourth-order valence-electron chi connectivity index (χ4n) is 3.41. The smallest absolute Gasteiger partial charge is 0.251 e. The number of carbonyl (C=O) groups is 1. The minimum Gasteiger partial charge on any atom is -0.394 e. The predicted molar refractivity (Wildman–Crippen MR) is 92.4 cm³/mol. The second-order valence-corrected chi connectivity index (χ2v) is 9.01. The number of sulfone groups is 1. The Kier molecular flexibility index (Phi) is 4.89. The normalized spacial score (nSPS) is 28.5. The summed E-state index contributed by atoms with van der Waals surface area (Å²) in [5.74, 6) is -0.187. The van der Waals surface area contributed by atoms with E-state index in [1.54, 1.807) is 6.07 Å². The molecule has 0 aromatic heterocycles. The minimum atomic E-state index is -3.19. The SMILES string of the molecule is C[C@@H]1COC[C@@](CO)(CNC(=O)c2ccc3c(c2)CCS3(=O)=O)N1C. The fourth-order valence-corrected chi connectivity index (χ4v) is 4.95. The molecule has 2 atom stereocenters. The second-order valence-electron chi connectivity index (χ2n) is 6.93. The van der Waals surface area contributed by atoms with Crippen LogP contribution in [0.3, 0.4) is 0 Å². The van der Waals surface area contributed by atoms with Crippen LogP contribution in [0.15, 0.2) is 23.1 Å². The molecular weight excluding hydrogens is 344 g/mol. The molecule has 3 rings (SSSR count). The van der Waals surface area contributed by atoms with Gasteiger partial charge in [-0.1, -0.05) is 0 Å². The first-order valence-corrected chi connectivity index (χ1v) is 10.00. The molecule has 7 nitrogen and oxygen atoms in total. The van der Waals surface area contributed by atoms with Crippen LogP contribution in [0.25, 0.3) is 0 Å². The third-order valence-electron chi connectivity index (χ3n) is 5.31. The van der Waals surface area contributed by atoms with Gasteiger partial charge in [-0.25, -0.2) is 8.42 Å². The first-order chi connectivity index (χ1) is 11.8. The summed E-state index contributed by atoms with van der Waals surface area (Å²) in [5, 5.41) is 12.7. The number of aryl methyl sites for hydroxylation is 1. The monoisotopic (exact) mass is 368 g/mol. The zero-order chi connectivity index (χ0) is 18.2. The number of nitrogens with one attached hydrogen (secondary N) is 1. The van der Waals surface area contributed by atoms with E-state index in [1.807, 2.05) is 18.9 Å². The zero-order valence-electron chi connectivity index (χ0n) is 14.5. The number of carbonyl (C=O) groups excluding carboxylic acids is 1. The largest absolute Gasteiger partial charge is 0.394 e. The maximum atomic E-state index is 12.5. The van der Waals surface area contributed by atoms with Crippen molar-refractivity contribution in [1.82, 2.24) is 10.2 Å². The topological polar surface area (TPSA) is 95.9 Å². The molecule has 0 radical (unpaired) electrons. The Labute approximate surface area is 147 Å². The molecule has 2 aliphatic heterocycles. The molecule has 1 saturated heterocycles. The Morgan fingerprint density at radius 1 is 1.48 bits per heavy atom. The molecule has 1 amide bonds. The van der Waals surface area contributed by atoms with Crippen molar-refractivity contribution in [3.63, 3.8) is 0 Å². The first-order valence-electron chi connectivity index (χ1n) is 8.34. The summed E-state index contributed by atoms with van der Waals surface area (Å²) >= 11 is 0. The van der Waals surface area contributed by atoms with E-state index < -0.39 is 15.4 Å². The van der Waals surface area contributed by atoms with Crippen LogP contribution in [-0.4, -0.2) is 75.1 Å². The molecule has 0 unspecified atom stereocenters. The molecule has 25 heavy (non-hydrogen) atoms. The summed E-state index contributed by atoms with van der Waals surface area (Å²) in [6.45, 7) is 3.06. The van der Waals surface area contributed by atoms with Crippen LogP contribution < -0.4 is 5.32 Å². The second kappa shape index (κ2) is 6.68. The number of ether oxygens (including phenoxy) is 1. The molecule has 0 bridgehead atoms. The fraction of sp³-hybridized carbons (Fsp3) is 0.588. The number of likely N-dealkylation sites (N-methyl/N-ethyl adjacent to an activating group) is 1. The number of nitrogens with zero attached hydrogens (tertiary/aromatic N) is 1. The molecule has 138 valence electrons. The molecule has 2 N–H and O–H groups in total. The zero-order valence-corrected chi connectivity index (χ0v) is 15.3. The number of rotatable bonds is 4. The number of fused-ring (bicyclic) bond motifs is 1. The van der Waals surface area contributed by atoms with Crippen molar-refractivity contribution in [3.8, 4) is 0 Å². The van der Waals surface area contributed by atoms with E-state index in [9.17, 15) is 18.3 Å². The Hall–Kier alpha value is -1.48. The number of aliphatic hydroxyl groups excluding tert-OH is 1. The summed E-state index contributed by atoms with van der Waals surface area (Å²) in [6.07, 6.45) is 0.438. The Bertz CT molecular complexity index is 779. The van der Waals surface area contributed by atoms with Gasteiger partial charge in [0.2, 0.25) is 0 Å². The van der Waals surface area contributed by atoms with E-state index in [1.165, 1.54) is 12.1 Å². The summed E-state index contributed by atoms with van der Waals surface area (Å²) in [6, 6.07) is 4.83. The number of hydrogen-bond donors (Lipinski definition) is 2. The van der Waals surface area contributed by atoms with Crippen molar-refractivity contribution in [2.45, 2.75) is 29.8 Å². The lowest BCUT2D eigenvalue weighted by Crippen LogP contribution is -2.65. The molecule has 2 heterocycles. The highest BCUT2D eigenvalue weighted by Crippen LogP contribution is 2.27. The molecule has 1 fully saturated rings. The predicted octanol–water partition coefficient (Wildman–Crippen LogP) is -0.172. The highest BCUT2D eigenvalue weighted by Gasteiger charge is 2.40. The first kappa shape index (κ1) is 18.3. The molecular formula is C17H24N2O5S. The Morgan fingerprint density at radius 2 is 2.24 bits per heavy atom. The van der Waals surface area contributed by atoms with Crippen LogP contribution >= 0.6 is 0 Å². The standard InChI is InChI=1S/C17H24N2O5S/c1-12-8-24-11-17(10-20,19(12)2)9-18-16(21)14-3-4-15-13(7-14)5-6-25(15,22)23/h3-4,7,12,20H,5-6,8-11H2,1-2H3,(H,18,21)/t12-,17+/m1/s1. The molecule has 0 saturated carbocycles. The van der Waals surface area contributed by atoms with Gasteiger partial charge in [0.05, 0.1) is 36.0 Å². The van der Waals surface area contributed by atoms with Crippen molar-refractivity contribution in [2.24, 2.45) is 0 Å². The van der Waals surface area contributed by atoms with Gasteiger partial charge < -0.3 is 15.2 Å². The number of amides is 1. The van der Waals surface area contributed by atoms with Gasteiger partial charge in [-0.2, -0.15) is 0 Å². The van der Waals surface area contributed by atoms with Gasteiger partial charge in [0.1, 0.15) is 0 Å². The van der Waals surface area contributed by atoms with Gasteiger partial charge in [0.25, 0.3) is 5.91 Å². The Morgan fingerprint density at radius 3 is 2.96 bits per heavy atom. The molecule has 8 heteroatoms. The van der Waals surface area contributed by atoms with E-state index in [-0.39, 0.29) is 30.9 Å². The summed E-state index contributed by atoms with van der Waals surface area (Å²) in [4.78, 5) is 14.9. The molecule has 2 aliphatic rings. The average molecular weight is 368 g/mol. The quantitative estimate of drug-likeness (QED) is 0.766. The summed E-state index contributed by atoms with van der Waals surface area (Å²) < 4.78 is 29.3. The van der Waals surface area contributed by atoms with Gasteiger partial charge in [0, 0.05) is 18.2 Å². The highest BCUT2D eigenvalue weighted by atomic mass is 32.2. The number of hydrogen-bond acceptors (Lipinski definition) is 6. The van der Waals surface area contributed by atoms with E-state index in [0.29, 0.717) is 35.7 Å². The number of morpholine rings is 1. The number of aliphatic hydroxyl groups is 1. The van der Waals surface area contributed by atoms with E-state index in [2.05, 4.69) is 5.32 Å². The number of benzene rings is 1. The van der Waals surface area contributed by atoms with E-state index >= 15 is 0 Å². The molecule has 1 aromatic rings. The third-order valence-corrected chi connectivity index (χ3v) is 7.12. The summed E-state index contributed by atoms with van der Waals surface area (Å²) in [5.41, 5.74) is 0.459. The maximum Gasteiger partial charge on any atom is 0.251 e. The van der Waals surface area contributed by atoms with E-state index in [0.717, 1.165) is 0 Å². The molecule has 0 aliphatic carbocycles. The van der Waals surface area contributed by atoms with Crippen molar-refractivity contribution in [1.29, 1.82) is 0 Å². The van der Waals surface area contributed by atoms with Gasteiger partial charge >= 0.3 is 0 Å². The van der Waals surface area contributed by atoms with Crippen molar-refractivity contribution in [2.75, 3.05) is 39.2 Å². The lowest BCUT2D eigenvalue weighted by atomic mass is 9.95. The third kappa shape index (κ3) is 3.31. The van der Waals surface area contributed by atoms with Crippen LogP contribution in [-0.2, 0) is 21.0 Å². The van der Waals surface area contributed by atoms with Crippen LogP contribution in [0, 0.1) is 0 Å². The molecule has 0 spiro atoms. The Balaban J connectivity index is 1.73. The van der Waals surface area contributed by atoms with Crippen LogP contribution in [0.4, 0.5) is 0 Å².